The highest BCUT2D eigenvalue weighted by molar-refractivity contribution is 8.18. The van der Waals surface area contributed by atoms with E-state index in [0.29, 0.717) is 10.8 Å². The van der Waals surface area contributed by atoms with Gasteiger partial charge in [-0.05, 0) is 34.9 Å². The lowest BCUT2D eigenvalue weighted by molar-refractivity contribution is -0.305. The van der Waals surface area contributed by atoms with E-state index in [4.69, 9.17) is 0 Å². The zero-order chi connectivity index (χ0) is 15.6. The normalized spacial score (nSPS) is 17.1. The second kappa shape index (κ2) is 6.13. The van der Waals surface area contributed by atoms with E-state index in [2.05, 4.69) is 13.8 Å². The molecule has 0 N–H and O–H groups in total. The van der Waals surface area contributed by atoms with Crippen LogP contribution >= 0.6 is 11.8 Å². The highest BCUT2D eigenvalue weighted by Gasteiger charge is 2.34. The molecule has 5 nitrogen and oxygen atoms in total. The Labute approximate surface area is 126 Å². The van der Waals surface area contributed by atoms with Crippen molar-refractivity contribution in [3.63, 3.8) is 0 Å². The zero-order valence-electron chi connectivity index (χ0n) is 11.7. The Hall–Kier alpha value is -2.08. The van der Waals surface area contributed by atoms with Crippen molar-refractivity contribution in [3.05, 3.63) is 40.3 Å². The fourth-order valence-corrected chi connectivity index (χ4v) is 2.73. The molecule has 1 heterocycles. The first-order valence-corrected chi connectivity index (χ1v) is 7.25. The molecule has 0 aliphatic carbocycles. The molecule has 1 aliphatic heterocycles. The topological polar surface area (TPSA) is 77.5 Å². The van der Waals surface area contributed by atoms with Gasteiger partial charge < -0.3 is 9.90 Å². The van der Waals surface area contributed by atoms with E-state index >= 15 is 0 Å². The summed E-state index contributed by atoms with van der Waals surface area (Å²) in [5.74, 6) is -1.64. The number of carbonyl (C=O) groups is 3. The number of aliphatic carboxylic acids is 1. The van der Waals surface area contributed by atoms with Crippen molar-refractivity contribution in [1.29, 1.82) is 0 Å². The third-order valence-corrected chi connectivity index (χ3v) is 3.97. The second-order valence-electron chi connectivity index (χ2n) is 4.96. The summed E-state index contributed by atoms with van der Waals surface area (Å²) in [6, 6.07) is 7.65. The number of hydrogen-bond donors (Lipinski definition) is 0. The van der Waals surface area contributed by atoms with E-state index in [1.165, 1.54) is 5.56 Å². The lowest BCUT2D eigenvalue weighted by atomic mass is 10.0. The summed E-state index contributed by atoms with van der Waals surface area (Å²) in [6.45, 7) is 3.45. The van der Waals surface area contributed by atoms with Gasteiger partial charge in [0, 0.05) is 0 Å². The molecule has 0 bridgehead atoms. The van der Waals surface area contributed by atoms with Gasteiger partial charge >= 0.3 is 0 Å². The maximum atomic E-state index is 12.0. The molecule has 2 rings (SSSR count). The summed E-state index contributed by atoms with van der Waals surface area (Å²) in [7, 11) is 0. The Morgan fingerprint density at radius 1 is 1.29 bits per heavy atom. The third-order valence-electron chi connectivity index (χ3n) is 3.06. The maximum absolute atomic E-state index is 12.0. The average Bonchev–Trinajstić information content (AvgIpc) is 2.67. The van der Waals surface area contributed by atoms with Crippen molar-refractivity contribution >= 4 is 35.0 Å². The minimum absolute atomic E-state index is 0.221. The van der Waals surface area contributed by atoms with Gasteiger partial charge in [0.15, 0.2) is 0 Å². The first-order chi connectivity index (χ1) is 9.88. The predicted octanol–water partition coefficient (Wildman–Crippen LogP) is 1.60. The molecular weight excluding hydrogens is 290 g/mol. The summed E-state index contributed by atoms with van der Waals surface area (Å²) < 4.78 is 0. The van der Waals surface area contributed by atoms with Crippen LogP contribution in [0, 0.1) is 0 Å². The largest absolute Gasteiger partial charge is 0.548 e. The number of amides is 2. The molecule has 21 heavy (non-hydrogen) atoms. The molecule has 0 spiro atoms. The number of carbonyl (C=O) groups excluding carboxylic acids is 3. The standard InChI is InChI=1S/C15H15NO4S/c1-9(2)11-5-3-10(4-6-11)7-12-14(19)16(8-13(17)18)15(20)21-12/h3-7,9H,8H2,1-2H3,(H,17,18)/p-1/b12-7-. The molecule has 0 aromatic heterocycles. The Kier molecular flexibility index (Phi) is 4.47. The van der Waals surface area contributed by atoms with Crippen LogP contribution in [0.4, 0.5) is 4.79 Å². The van der Waals surface area contributed by atoms with Crippen LogP contribution in [0.2, 0.25) is 0 Å². The molecule has 2 amide bonds. The van der Waals surface area contributed by atoms with Gasteiger partial charge in [-0.15, -0.1) is 0 Å². The van der Waals surface area contributed by atoms with Crippen molar-refractivity contribution in [3.8, 4) is 0 Å². The third kappa shape index (κ3) is 3.52. The highest BCUT2D eigenvalue weighted by Crippen LogP contribution is 2.32. The van der Waals surface area contributed by atoms with Crippen molar-refractivity contribution in [1.82, 2.24) is 4.90 Å². The SMILES string of the molecule is CC(C)c1ccc(/C=C2\SC(=O)N(CC(=O)[O-])C2=O)cc1. The van der Waals surface area contributed by atoms with Crippen molar-refractivity contribution in [2.45, 2.75) is 19.8 Å². The van der Waals surface area contributed by atoms with Gasteiger partial charge in [-0.2, -0.15) is 0 Å². The van der Waals surface area contributed by atoms with Gasteiger partial charge in [0.05, 0.1) is 17.4 Å². The van der Waals surface area contributed by atoms with E-state index < -0.39 is 23.7 Å². The molecule has 0 atom stereocenters. The van der Waals surface area contributed by atoms with E-state index in [1.54, 1.807) is 6.08 Å². The van der Waals surface area contributed by atoms with Gasteiger partial charge in [-0.25, -0.2) is 0 Å². The van der Waals surface area contributed by atoms with Crippen LogP contribution in [-0.2, 0) is 9.59 Å². The lowest BCUT2D eigenvalue weighted by Gasteiger charge is -2.12. The maximum Gasteiger partial charge on any atom is 0.293 e. The number of imide groups is 1. The summed E-state index contributed by atoms with van der Waals surface area (Å²) in [5.41, 5.74) is 1.97. The van der Waals surface area contributed by atoms with Crippen LogP contribution in [0.25, 0.3) is 6.08 Å². The van der Waals surface area contributed by atoms with Crippen molar-refractivity contribution in [2.75, 3.05) is 6.54 Å². The Morgan fingerprint density at radius 3 is 2.43 bits per heavy atom. The fraction of sp³-hybridized carbons (Fsp3) is 0.267. The molecule has 1 fully saturated rings. The van der Waals surface area contributed by atoms with Crippen LogP contribution in [0.3, 0.4) is 0 Å². The molecule has 1 aromatic carbocycles. The molecule has 0 unspecified atom stereocenters. The quantitative estimate of drug-likeness (QED) is 0.790. The Bertz CT molecular complexity index is 619. The molecule has 0 saturated carbocycles. The van der Waals surface area contributed by atoms with E-state index in [9.17, 15) is 19.5 Å². The molecule has 1 saturated heterocycles. The molecule has 1 aromatic rings. The van der Waals surface area contributed by atoms with Gasteiger partial charge in [-0.1, -0.05) is 38.1 Å². The Morgan fingerprint density at radius 2 is 1.90 bits per heavy atom. The van der Waals surface area contributed by atoms with Gasteiger partial charge in [0.1, 0.15) is 0 Å². The molecule has 6 heteroatoms. The van der Waals surface area contributed by atoms with Crippen LogP contribution in [0.5, 0.6) is 0 Å². The molecule has 0 radical (unpaired) electrons. The summed E-state index contributed by atoms with van der Waals surface area (Å²) in [5, 5.41) is 9.94. The van der Waals surface area contributed by atoms with Crippen molar-refractivity contribution < 1.29 is 19.5 Å². The van der Waals surface area contributed by atoms with Crippen LogP contribution in [-0.4, -0.2) is 28.6 Å². The fourth-order valence-electron chi connectivity index (χ4n) is 1.89. The minimum Gasteiger partial charge on any atom is -0.548 e. The average molecular weight is 304 g/mol. The number of rotatable bonds is 4. The lowest BCUT2D eigenvalue weighted by Crippen LogP contribution is -2.40. The monoisotopic (exact) mass is 304 g/mol. The van der Waals surface area contributed by atoms with E-state index in [-0.39, 0.29) is 4.91 Å². The number of hydrogen-bond acceptors (Lipinski definition) is 5. The first kappa shape index (κ1) is 15.3. The van der Waals surface area contributed by atoms with E-state index in [0.717, 1.165) is 17.3 Å². The Balaban J connectivity index is 2.20. The van der Waals surface area contributed by atoms with Gasteiger partial charge in [0.25, 0.3) is 11.1 Å². The van der Waals surface area contributed by atoms with Gasteiger partial charge in [0.2, 0.25) is 0 Å². The van der Waals surface area contributed by atoms with Crippen molar-refractivity contribution in [2.24, 2.45) is 0 Å². The number of carboxylic acids is 1. The number of nitrogens with zero attached hydrogens (tertiary/aromatic N) is 1. The highest BCUT2D eigenvalue weighted by atomic mass is 32.2. The first-order valence-electron chi connectivity index (χ1n) is 6.43. The molecule has 1 aliphatic rings. The number of carboxylic acid groups (broad SMARTS) is 1. The molecular formula is C15H14NO4S-. The zero-order valence-corrected chi connectivity index (χ0v) is 12.5. The predicted molar refractivity (Wildman–Crippen MR) is 78.2 cm³/mol. The molecule has 110 valence electrons. The smallest absolute Gasteiger partial charge is 0.293 e. The van der Waals surface area contributed by atoms with E-state index in [1.807, 2.05) is 24.3 Å². The summed E-state index contributed by atoms with van der Waals surface area (Å²) in [4.78, 5) is 35.0. The second-order valence-corrected chi connectivity index (χ2v) is 5.95. The van der Waals surface area contributed by atoms with Crippen LogP contribution in [0.1, 0.15) is 30.9 Å². The number of thioether (sulfide) groups is 1. The number of benzene rings is 1. The minimum atomic E-state index is -1.46. The van der Waals surface area contributed by atoms with Crippen LogP contribution < -0.4 is 5.11 Å². The summed E-state index contributed by atoms with van der Waals surface area (Å²) in [6.07, 6.45) is 1.59. The summed E-state index contributed by atoms with van der Waals surface area (Å²) >= 11 is 0.737. The van der Waals surface area contributed by atoms with Gasteiger partial charge in [-0.3, -0.25) is 14.5 Å². The van der Waals surface area contributed by atoms with Crippen LogP contribution in [0.15, 0.2) is 29.2 Å².